The van der Waals surface area contributed by atoms with Crippen LogP contribution in [0.2, 0.25) is 0 Å². The fourth-order valence-electron chi connectivity index (χ4n) is 4.94. The predicted octanol–water partition coefficient (Wildman–Crippen LogP) is 7.21. The van der Waals surface area contributed by atoms with Gasteiger partial charge in [0, 0.05) is 34.0 Å². The van der Waals surface area contributed by atoms with Crippen LogP contribution in [-0.2, 0) is 9.59 Å². The molecule has 0 saturated heterocycles. The summed E-state index contributed by atoms with van der Waals surface area (Å²) in [6, 6.07) is 35.5. The van der Waals surface area contributed by atoms with Crippen molar-refractivity contribution in [2.75, 3.05) is 17.4 Å². The summed E-state index contributed by atoms with van der Waals surface area (Å²) in [7, 11) is 0. The summed E-state index contributed by atoms with van der Waals surface area (Å²) < 4.78 is 10.8. The second kappa shape index (κ2) is 15.0. The highest BCUT2D eigenvalue weighted by Gasteiger charge is 2.24. The smallest absolute Gasteiger partial charge is 0.276 e. The molecule has 1 heterocycles. The van der Waals surface area contributed by atoms with E-state index in [1.54, 1.807) is 72.8 Å². The normalized spacial score (nSPS) is 12.4. The molecule has 0 radical (unpaired) electrons. The second-order valence-corrected chi connectivity index (χ2v) is 11.8. The number of nitro benzene ring substituents is 1. The van der Waals surface area contributed by atoms with Crippen molar-refractivity contribution in [2.24, 2.45) is 0 Å². The molecule has 6 rings (SSSR count). The fourth-order valence-corrected chi connectivity index (χ4v) is 6.02. The Kier molecular flexibility index (Phi) is 9.96. The van der Waals surface area contributed by atoms with Gasteiger partial charge in [0.15, 0.2) is 11.5 Å². The molecule has 0 fully saturated rings. The Hall–Kier alpha value is -6.40. The Morgan fingerprint density at radius 3 is 2.22 bits per heavy atom. The third kappa shape index (κ3) is 8.13. The minimum absolute atomic E-state index is 0.116. The number of thioether (sulfide) groups is 1. The van der Waals surface area contributed by atoms with Crippen LogP contribution < -0.4 is 25.4 Å². The Labute approximate surface area is 285 Å². The van der Waals surface area contributed by atoms with Crippen molar-refractivity contribution >= 4 is 52.6 Å². The Morgan fingerprint density at radius 2 is 1.45 bits per heavy atom. The summed E-state index contributed by atoms with van der Waals surface area (Å²) >= 11 is 1.28. The van der Waals surface area contributed by atoms with Crippen molar-refractivity contribution in [3.63, 3.8) is 0 Å². The molecule has 3 amide bonds. The number of nitrogens with one attached hydrogen (secondary N) is 3. The van der Waals surface area contributed by atoms with Crippen LogP contribution in [0.4, 0.5) is 17.1 Å². The lowest BCUT2D eigenvalue weighted by Gasteiger charge is -2.18. The van der Waals surface area contributed by atoms with Crippen molar-refractivity contribution in [3.05, 3.63) is 160 Å². The number of nitro groups is 1. The Balaban J connectivity index is 1.24. The largest absolute Gasteiger partial charge is 0.454 e. The molecule has 3 N–H and O–H groups in total. The van der Waals surface area contributed by atoms with E-state index < -0.39 is 22.0 Å². The zero-order valence-electron chi connectivity index (χ0n) is 25.7. The van der Waals surface area contributed by atoms with Crippen LogP contribution in [0.25, 0.3) is 6.08 Å². The average molecular weight is 673 g/mol. The zero-order chi connectivity index (χ0) is 34.2. The van der Waals surface area contributed by atoms with E-state index in [0.717, 1.165) is 5.56 Å². The first-order valence-corrected chi connectivity index (χ1v) is 15.9. The number of rotatable bonds is 11. The van der Waals surface area contributed by atoms with Gasteiger partial charge < -0.3 is 25.4 Å². The first-order valence-electron chi connectivity index (χ1n) is 15.0. The first-order chi connectivity index (χ1) is 23.8. The van der Waals surface area contributed by atoms with Crippen molar-refractivity contribution in [2.45, 2.75) is 10.1 Å². The minimum Gasteiger partial charge on any atom is -0.454 e. The van der Waals surface area contributed by atoms with Crippen molar-refractivity contribution in [1.29, 1.82) is 0 Å². The lowest BCUT2D eigenvalue weighted by Crippen LogP contribution is -2.30. The molecule has 0 aromatic heterocycles. The molecule has 1 unspecified atom stereocenters. The molecule has 12 heteroatoms. The molecule has 1 aliphatic rings. The third-order valence-electron chi connectivity index (χ3n) is 7.29. The van der Waals surface area contributed by atoms with Crippen molar-refractivity contribution in [3.8, 4) is 11.5 Å². The lowest BCUT2D eigenvalue weighted by atomic mass is 10.1. The van der Waals surface area contributed by atoms with Crippen LogP contribution >= 0.6 is 11.8 Å². The van der Waals surface area contributed by atoms with E-state index in [0.29, 0.717) is 33.3 Å². The van der Waals surface area contributed by atoms with E-state index in [4.69, 9.17) is 9.47 Å². The summed E-state index contributed by atoms with van der Waals surface area (Å²) in [5, 5.41) is 19.4. The van der Waals surface area contributed by atoms with E-state index in [1.807, 2.05) is 36.4 Å². The summed E-state index contributed by atoms with van der Waals surface area (Å²) in [5.41, 5.74) is 1.69. The zero-order valence-corrected chi connectivity index (χ0v) is 26.5. The molecule has 5 aromatic carbocycles. The summed E-state index contributed by atoms with van der Waals surface area (Å²) in [5.74, 6) is -0.400. The maximum Gasteiger partial charge on any atom is 0.276 e. The first kappa shape index (κ1) is 32.5. The number of hydrogen-bond donors (Lipinski definition) is 3. The Morgan fingerprint density at radius 1 is 0.755 bits per heavy atom. The number of ether oxygens (including phenoxy) is 2. The number of fused-ring (bicyclic) bond motifs is 1. The van der Waals surface area contributed by atoms with Gasteiger partial charge in [-0.2, -0.15) is 0 Å². The number of para-hydroxylation sites is 1. The maximum atomic E-state index is 13.7. The van der Waals surface area contributed by atoms with Gasteiger partial charge in [-0.3, -0.25) is 24.5 Å². The molecule has 1 aliphatic heterocycles. The van der Waals surface area contributed by atoms with Gasteiger partial charge >= 0.3 is 0 Å². The van der Waals surface area contributed by atoms with Gasteiger partial charge in [-0.25, -0.2) is 0 Å². The molecular weight excluding hydrogens is 644 g/mol. The van der Waals surface area contributed by atoms with E-state index in [2.05, 4.69) is 16.0 Å². The molecule has 0 aliphatic carbocycles. The quantitative estimate of drug-likeness (QED) is 0.0577. The number of nitrogens with zero attached hydrogens (tertiary/aromatic N) is 1. The van der Waals surface area contributed by atoms with Gasteiger partial charge in [0.25, 0.3) is 17.5 Å². The monoisotopic (exact) mass is 672 g/mol. The molecule has 0 spiro atoms. The number of carbonyl (C=O) groups excluding carboxylic acids is 3. The standard InChI is InChI=1S/C37H28N4O7S/c42-35(25-12-5-2-6-13-25)40-30(20-26-14-7-8-17-31(26)41(45)46)36(43)38-27-15-9-16-29(21-27)49-34(24-10-3-1-4-11-24)37(44)39-28-18-19-32-33(22-28)48-23-47-32/h1-22,34H,23H2,(H,38,43)(H,39,44)(H,40,42)/b30-20+. The van der Waals surface area contributed by atoms with Crippen molar-refractivity contribution < 1.29 is 28.8 Å². The van der Waals surface area contributed by atoms with E-state index >= 15 is 0 Å². The van der Waals surface area contributed by atoms with E-state index in [9.17, 15) is 24.5 Å². The van der Waals surface area contributed by atoms with Crippen LogP contribution in [0.15, 0.2) is 138 Å². The molecule has 1 atom stereocenters. The highest BCUT2D eigenvalue weighted by atomic mass is 32.2. The summed E-state index contributed by atoms with van der Waals surface area (Å²) in [4.78, 5) is 52.2. The van der Waals surface area contributed by atoms with Crippen molar-refractivity contribution in [1.82, 2.24) is 5.32 Å². The van der Waals surface area contributed by atoms with Crippen LogP contribution in [0.1, 0.15) is 26.7 Å². The van der Waals surface area contributed by atoms with Crippen LogP contribution in [0.5, 0.6) is 11.5 Å². The number of carbonyl (C=O) groups is 3. The summed E-state index contributed by atoms with van der Waals surface area (Å²) in [6.07, 6.45) is 1.26. The molecule has 244 valence electrons. The molecule has 0 bridgehead atoms. The molecule has 0 saturated carbocycles. The topological polar surface area (TPSA) is 149 Å². The fraction of sp³-hybridized carbons (Fsp3) is 0.0541. The van der Waals surface area contributed by atoms with Gasteiger partial charge in [-0.1, -0.05) is 66.7 Å². The molecular formula is C37H28N4O7S. The lowest BCUT2D eigenvalue weighted by molar-refractivity contribution is -0.385. The van der Waals surface area contributed by atoms with Gasteiger partial charge in [0.2, 0.25) is 12.7 Å². The maximum absolute atomic E-state index is 13.7. The van der Waals surface area contributed by atoms with Gasteiger partial charge in [-0.15, -0.1) is 11.8 Å². The van der Waals surface area contributed by atoms with Gasteiger partial charge in [0.05, 0.1) is 10.5 Å². The third-order valence-corrected chi connectivity index (χ3v) is 8.54. The van der Waals surface area contributed by atoms with E-state index in [-0.39, 0.29) is 29.6 Å². The van der Waals surface area contributed by atoms with Gasteiger partial charge in [-0.05, 0) is 60.2 Å². The van der Waals surface area contributed by atoms with Crippen LogP contribution in [-0.4, -0.2) is 29.4 Å². The highest BCUT2D eigenvalue weighted by Crippen LogP contribution is 2.39. The number of amides is 3. The second-order valence-electron chi connectivity index (χ2n) is 10.6. The number of benzene rings is 5. The van der Waals surface area contributed by atoms with Crippen LogP contribution in [0.3, 0.4) is 0 Å². The Bertz CT molecular complexity index is 2060. The van der Waals surface area contributed by atoms with Gasteiger partial charge in [0.1, 0.15) is 10.9 Å². The van der Waals surface area contributed by atoms with E-state index in [1.165, 1.54) is 36.0 Å². The molecule has 49 heavy (non-hydrogen) atoms. The average Bonchev–Trinajstić information content (AvgIpc) is 3.59. The molecule has 5 aromatic rings. The highest BCUT2D eigenvalue weighted by molar-refractivity contribution is 8.00. The SMILES string of the molecule is O=C(Nc1cccc(SC(C(=O)Nc2ccc3c(c2)OCO3)c2ccccc2)c1)/C(=C\c1ccccc1[N+](=O)[O-])NC(=O)c1ccccc1. The number of hydrogen-bond acceptors (Lipinski definition) is 8. The van der Waals surface area contributed by atoms with Crippen LogP contribution in [0, 0.1) is 10.1 Å². The minimum atomic E-state index is -0.704. The number of anilines is 2. The molecule has 11 nitrogen and oxygen atoms in total. The predicted molar refractivity (Wildman–Crippen MR) is 186 cm³/mol. The summed E-state index contributed by atoms with van der Waals surface area (Å²) in [6.45, 7) is 0.116.